The molecule has 3 heterocycles. The molecule has 158 valence electrons. The molecule has 1 aliphatic carbocycles. The van der Waals surface area contributed by atoms with E-state index in [4.69, 9.17) is 0 Å². The van der Waals surface area contributed by atoms with Crippen molar-refractivity contribution in [3.8, 4) is 0 Å². The lowest BCUT2D eigenvalue weighted by molar-refractivity contribution is -0.180. The zero-order valence-corrected chi connectivity index (χ0v) is 18.4. The number of carbonyl (C=O) groups excluding carboxylic acids is 2. The lowest BCUT2D eigenvalue weighted by Crippen LogP contribution is -2.66. The first-order valence-electron chi connectivity index (χ1n) is 11.1. The molecular weight excluding hydrogens is 394 g/mol. The molecule has 0 bridgehead atoms. The second-order valence-corrected chi connectivity index (χ2v) is 9.94. The van der Waals surface area contributed by atoms with E-state index in [0.717, 1.165) is 62.9 Å². The summed E-state index contributed by atoms with van der Waals surface area (Å²) in [6.07, 6.45) is 6.53. The van der Waals surface area contributed by atoms with Crippen LogP contribution < -0.4 is 0 Å². The number of nitrogens with zero attached hydrogens (tertiary/aromatic N) is 3. The highest BCUT2D eigenvalue weighted by Gasteiger charge is 2.64. The van der Waals surface area contributed by atoms with Crippen LogP contribution in [0.2, 0.25) is 0 Å². The molecule has 3 aliphatic rings. The van der Waals surface area contributed by atoms with Gasteiger partial charge in [0.05, 0.1) is 34.0 Å². The maximum Gasteiger partial charge on any atom is 0.232 e. The zero-order chi connectivity index (χ0) is 20.7. The number of carbonyl (C=O) groups is 2. The molecule has 2 saturated heterocycles. The monoisotopic (exact) mass is 423 g/mol. The summed E-state index contributed by atoms with van der Waals surface area (Å²) in [7, 11) is 0. The summed E-state index contributed by atoms with van der Waals surface area (Å²) in [5.41, 5.74) is 3.87. The van der Waals surface area contributed by atoms with Gasteiger partial charge in [0, 0.05) is 19.1 Å². The lowest BCUT2D eigenvalue weighted by Gasteiger charge is -2.58. The number of thiazole rings is 1. The average molecular weight is 424 g/mol. The normalized spacial score (nSPS) is 23.8. The Morgan fingerprint density at radius 1 is 1.17 bits per heavy atom. The summed E-state index contributed by atoms with van der Waals surface area (Å²) in [5, 5.41) is 0. The van der Waals surface area contributed by atoms with Crippen LogP contribution in [0.4, 0.5) is 0 Å². The van der Waals surface area contributed by atoms with Crippen LogP contribution in [0.1, 0.15) is 60.7 Å². The molecule has 1 aromatic carbocycles. The maximum absolute atomic E-state index is 13.4. The van der Waals surface area contributed by atoms with E-state index >= 15 is 0 Å². The van der Waals surface area contributed by atoms with Gasteiger partial charge < -0.3 is 9.80 Å². The van der Waals surface area contributed by atoms with Gasteiger partial charge in [-0.2, -0.15) is 0 Å². The Kier molecular flexibility index (Phi) is 5.13. The van der Waals surface area contributed by atoms with Crippen LogP contribution in [0, 0.1) is 12.3 Å². The first kappa shape index (κ1) is 19.7. The third-order valence-electron chi connectivity index (χ3n) is 7.40. The van der Waals surface area contributed by atoms with E-state index < -0.39 is 0 Å². The molecule has 1 aromatic heterocycles. The van der Waals surface area contributed by atoms with Crippen molar-refractivity contribution in [2.75, 3.05) is 13.1 Å². The van der Waals surface area contributed by atoms with Gasteiger partial charge in [-0.1, -0.05) is 43.2 Å². The van der Waals surface area contributed by atoms with E-state index in [2.05, 4.69) is 16.8 Å². The highest BCUT2D eigenvalue weighted by Crippen LogP contribution is 2.61. The Bertz CT molecular complexity index is 927. The van der Waals surface area contributed by atoms with Crippen LogP contribution in [0.5, 0.6) is 0 Å². The number of β-lactam (4-membered cyclic amide) rings is 1. The molecule has 2 amide bonds. The van der Waals surface area contributed by atoms with Gasteiger partial charge in [0.15, 0.2) is 0 Å². The average Bonchev–Trinajstić information content (AvgIpc) is 3.43. The zero-order valence-electron chi connectivity index (χ0n) is 17.5. The Morgan fingerprint density at radius 3 is 2.50 bits per heavy atom. The number of hydrogen-bond donors (Lipinski definition) is 0. The molecule has 0 N–H and O–H groups in total. The van der Waals surface area contributed by atoms with E-state index in [1.165, 1.54) is 4.88 Å². The number of benzene rings is 1. The van der Waals surface area contributed by atoms with Gasteiger partial charge in [-0.15, -0.1) is 11.3 Å². The molecule has 5 rings (SSSR count). The van der Waals surface area contributed by atoms with Gasteiger partial charge in [-0.3, -0.25) is 9.59 Å². The van der Waals surface area contributed by atoms with Crippen LogP contribution in [-0.2, 0) is 16.0 Å². The Balaban J connectivity index is 1.28. The molecule has 1 atom stereocenters. The first-order chi connectivity index (χ1) is 14.6. The molecule has 2 aromatic rings. The second kappa shape index (κ2) is 7.80. The molecule has 1 saturated carbocycles. The quantitative estimate of drug-likeness (QED) is 0.695. The fraction of sp³-hybridized carbons (Fsp3) is 0.542. The number of amides is 2. The molecule has 2 aliphatic heterocycles. The van der Waals surface area contributed by atoms with Crippen molar-refractivity contribution in [2.45, 2.75) is 64.0 Å². The molecular formula is C24H29N3O2S. The van der Waals surface area contributed by atoms with Crippen molar-refractivity contribution in [3.05, 3.63) is 52.0 Å². The van der Waals surface area contributed by atoms with Gasteiger partial charge in [0.2, 0.25) is 11.8 Å². The SMILES string of the molecule is Cc1ncsc1C1N(C2CCN(C(=O)Cc3ccccc3)CC2)C(=O)C12CCCC2. The fourth-order valence-electron chi connectivity index (χ4n) is 5.79. The molecule has 6 heteroatoms. The number of aromatic nitrogens is 1. The van der Waals surface area contributed by atoms with Gasteiger partial charge in [-0.25, -0.2) is 4.98 Å². The number of likely N-dealkylation sites (tertiary alicyclic amines) is 2. The van der Waals surface area contributed by atoms with Crippen molar-refractivity contribution in [2.24, 2.45) is 5.41 Å². The highest BCUT2D eigenvalue weighted by atomic mass is 32.1. The van der Waals surface area contributed by atoms with Crippen molar-refractivity contribution in [1.29, 1.82) is 0 Å². The first-order valence-corrected chi connectivity index (χ1v) is 12.0. The minimum absolute atomic E-state index is 0.183. The summed E-state index contributed by atoms with van der Waals surface area (Å²) in [4.78, 5) is 36.0. The molecule has 5 nitrogen and oxygen atoms in total. The molecule has 3 fully saturated rings. The van der Waals surface area contributed by atoms with Crippen LogP contribution in [0.3, 0.4) is 0 Å². The molecule has 1 unspecified atom stereocenters. The molecule has 1 spiro atoms. The third-order valence-corrected chi connectivity index (χ3v) is 8.38. The Hall–Kier alpha value is -2.21. The van der Waals surface area contributed by atoms with Gasteiger partial charge in [0.25, 0.3) is 0 Å². The highest BCUT2D eigenvalue weighted by molar-refractivity contribution is 7.09. The largest absolute Gasteiger partial charge is 0.342 e. The van der Waals surface area contributed by atoms with Gasteiger partial charge in [0.1, 0.15) is 0 Å². The maximum atomic E-state index is 13.4. The number of rotatable bonds is 4. The van der Waals surface area contributed by atoms with E-state index in [-0.39, 0.29) is 23.4 Å². The van der Waals surface area contributed by atoms with Crippen LogP contribution in [0.25, 0.3) is 0 Å². The predicted molar refractivity (Wildman–Crippen MR) is 117 cm³/mol. The minimum Gasteiger partial charge on any atom is -0.342 e. The topological polar surface area (TPSA) is 53.5 Å². The second-order valence-electron chi connectivity index (χ2n) is 9.05. The standard InChI is InChI=1S/C24H29N3O2S/c1-17-21(30-16-25-17)22-24(11-5-6-12-24)23(29)27(22)19-9-13-26(14-10-19)20(28)15-18-7-3-2-4-8-18/h2-4,7-8,16,19,22H,5-6,9-15H2,1H3. The van der Waals surface area contributed by atoms with Gasteiger partial charge >= 0.3 is 0 Å². The van der Waals surface area contributed by atoms with Crippen molar-refractivity contribution >= 4 is 23.2 Å². The fourth-order valence-corrected chi connectivity index (χ4v) is 6.80. The summed E-state index contributed by atoms with van der Waals surface area (Å²) in [6, 6.07) is 10.4. The summed E-state index contributed by atoms with van der Waals surface area (Å²) >= 11 is 1.70. The number of aryl methyl sites for hydroxylation is 1. The summed E-state index contributed by atoms with van der Waals surface area (Å²) in [6.45, 7) is 3.54. The van der Waals surface area contributed by atoms with E-state index in [0.29, 0.717) is 12.3 Å². The van der Waals surface area contributed by atoms with Crippen LogP contribution in [0.15, 0.2) is 35.8 Å². The van der Waals surface area contributed by atoms with Crippen LogP contribution in [-0.4, -0.2) is 45.7 Å². The number of piperidine rings is 1. The van der Waals surface area contributed by atoms with Crippen molar-refractivity contribution in [1.82, 2.24) is 14.8 Å². The molecule has 0 radical (unpaired) electrons. The van der Waals surface area contributed by atoms with E-state index in [1.54, 1.807) is 11.3 Å². The minimum atomic E-state index is -0.183. The summed E-state index contributed by atoms with van der Waals surface area (Å²) in [5.74, 6) is 0.545. The van der Waals surface area contributed by atoms with Crippen molar-refractivity contribution in [3.63, 3.8) is 0 Å². The predicted octanol–water partition coefficient (Wildman–Crippen LogP) is 4.13. The Morgan fingerprint density at radius 2 is 1.87 bits per heavy atom. The van der Waals surface area contributed by atoms with E-state index in [9.17, 15) is 9.59 Å². The number of hydrogen-bond acceptors (Lipinski definition) is 4. The third kappa shape index (κ3) is 3.16. The van der Waals surface area contributed by atoms with Gasteiger partial charge in [-0.05, 0) is 38.2 Å². The lowest BCUT2D eigenvalue weighted by atomic mass is 9.67. The molecule has 30 heavy (non-hydrogen) atoms. The van der Waals surface area contributed by atoms with Crippen LogP contribution >= 0.6 is 11.3 Å². The van der Waals surface area contributed by atoms with E-state index in [1.807, 2.05) is 40.7 Å². The smallest absolute Gasteiger partial charge is 0.232 e. The summed E-state index contributed by atoms with van der Waals surface area (Å²) < 4.78 is 0. The Labute approximate surface area is 182 Å². The van der Waals surface area contributed by atoms with Crippen molar-refractivity contribution < 1.29 is 9.59 Å².